The van der Waals surface area contributed by atoms with Crippen LogP contribution in [0.4, 0.5) is 0 Å². The number of ether oxygens (including phenoxy) is 1. The van der Waals surface area contributed by atoms with Crippen molar-refractivity contribution in [3.63, 3.8) is 0 Å². The summed E-state index contributed by atoms with van der Waals surface area (Å²) in [6.45, 7) is 3.44. The third kappa shape index (κ3) is 2.33. The Hall–Kier alpha value is -0.570. The van der Waals surface area contributed by atoms with Crippen LogP contribution in [0.3, 0.4) is 0 Å². The first-order valence-electron chi connectivity index (χ1n) is 5.95. The van der Waals surface area contributed by atoms with Crippen molar-refractivity contribution in [1.82, 2.24) is 0 Å². The molecule has 1 aliphatic carbocycles. The third-order valence-corrected chi connectivity index (χ3v) is 4.04. The molecular formula is C12H20O3. The highest BCUT2D eigenvalue weighted by atomic mass is 16.5. The molecule has 0 aromatic rings. The number of carbonyl (C=O) groups is 1. The minimum Gasteiger partial charge on any atom is -0.481 e. The minimum absolute atomic E-state index is 0.486. The van der Waals surface area contributed by atoms with E-state index in [0.29, 0.717) is 32.0 Å². The van der Waals surface area contributed by atoms with Gasteiger partial charge in [0, 0.05) is 13.2 Å². The second-order valence-electron chi connectivity index (χ2n) is 5.22. The molecule has 0 spiro atoms. The van der Waals surface area contributed by atoms with E-state index in [2.05, 4.69) is 6.92 Å². The van der Waals surface area contributed by atoms with E-state index in [1.165, 1.54) is 12.8 Å². The van der Waals surface area contributed by atoms with Crippen molar-refractivity contribution in [1.29, 1.82) is 0 Å². The molecule has 1 unspecified atom stereocenters. The summed E-state index contributed by atoms with van der Waals surface area (Å²) in [6.07, 6.45) is 4.83. The predicted octanol–water partition coefficient (Wildman–Crippen LogP) is 2.30. The number of rotatable bonds is 4. The van der Waals surface area contributed by atoms with Crippen molar-refractivity contribution in [2.24, 2.45) is 17.3 Å². The lowest BCUT2D eigenvalue weighted by Gasteiger charge is -2.35. The van der Waals surface area contributed by atoms with Crippen LogP contribution < -0.4 is 0 Å². The molecule has 0 bridgehead atoms. The molecule has 0 radical (unpaired) electrons. The van der Waals surface area contributed by atoms with Gasteiger partial charge in [-0.3, -0.25) is 4.79 Å². The van der Waals surface area contributed by atoms with Gasteiger partial charge in [-0.05, 0) is 43.9 Å². The molecule has 2 fully saturated rings. The maximum absolute atomic E-state index is 11.4. The van der Waals surface area contributed by atoms with Crippen LogP contribution in [0.15, 0.2) is 0 Å². The zero-order chi connectivity index (χ0) is 10.9. The van der Waals surface area contributed by atoms with E-state index in [4.69, 9.17) is 4.74 Å². The van der Waals surface area contributed by atoms with Gasteiger partial charge < -0.3 is 9.84 Å². The fourth-order valence-electron chi connectivity index (χ4n) is 2.72. The second kappa shape index (κ2) is 4.12. The van der Waals surface area contributed by atoms with Gasteiger partial charge in [0.05, 0.1) is 5.41 Å². The Bertz CT molecular complexity index is 239. The molecule has 3 heteroatoms. The zero-order valence-corrected chi connectivity index (χ0v) is 9.37. The number of hydrogen-bond donors (Lipinski definition) is 1. The van der Waals surface area contributed by atoms with Crippen molar-refractivity contribution < 1.29 is 14.6 Å². The number of aliphatic carboxylic acids is 1. The molecule has 0 aromatic heterocycles. The normalized spacial score (nSPS) is 27.3. The van der Waals surface area contributed by atoms with E-state index < -0.39 is 11.4 Å². The molecule has 2 rings (SSSR count). The average molecular weight is 212 g/mol. The SMILES string of the molecule is CC(CC1(C(=O)O)CCOCC1)C1CC1. The minimum atomic E-state index is -0.613. The first-order valence-corrected chi connectivity index (χ1v) is 5.95. The van der Waals surface area contributed by atoms with Gasteiger partial charge in [-0.1, -0.05) is 6.92 Å². The lowest BCUT2D eigenvalue weighted by Crippen LogP contribution is -2.38. The largest absolute Gasteiger partial charge is 0.481 e. The molecule has 1 aliphatic heterocycles. The molecule has 0 aromatic carbocycles. The maximum atomic E-state index is 11.4. The van der Waals surface area contributed by atoms with Gasteiger partial charge >= 0.3 is 5.97 Å². The van der Waals surface area contributed by atoms with Crippen LogP contribution in [-0.2, 0) is 9.53 Å². The summed E-state index contributed by atoms with van der Waals surface area (Å²) in [5.74, 6) is 0.751. The van der Waals surface area contributed by atoms with Gasteiger partial charge in [0.1, 0.15) is 0 Å². The smallest absolute Gasteiger partial charge is 0.309 e. The summed E-state index contributed by atoms with van der Waals surface area (Å²) in [5, 5.41) is 9.38. The monoisotopic (exact) mass is 212 g/mol. The molecule has 3 nitrogen and oxygen atoms in total. The lowest BCUT2D eigenvalue weighted by molar-refractivity contribution is -0.156. The van der Waals surface area contributed by atoms with Gasteiger partial charge in [-0.15, -0.1) is 0 Å². The molecule has 0 amide bonds. The van der Waals surface area contributed by atoms with Crippen LogP contribution in [0.25, 0.3) is 0 Å². The van der Waals surface area contributed by atoms with Crippen LogP contribution in [0.2, 0.25) is 0 Å². The number of carboxylic acids is 1. The molecular weight excluding hydrogens is 192 g/mol. The second-order valence-corrected chi connectivity index (χ2v) is 5.22. The molecule has 1 saturated heterocycles. The van der Waals surface area contributed by atoms with Crippen LogP contribution in [0.1, 0.15) is 39.0 Å². The molecule has 86 valence electrons. The topological polar surface area (TPSA) is 46.5 Å². The standard InChI is InChI=1S/C12H20O3/c1-9(10-2-3-10)8-12(11(13)14)4-6-15-7-5-12/h9-10H,2-8H2,1H3,(H,13,14). The van der Waals surface area contributed by atoms with Gasteiger partial charge in [-0.25, -0.2) is 0 Å². The highest BCUT2D eigenvalue weighted by Crippen LogP contribution is 2.45. The van der Waals surface area contributed by atoms with Crippen molar-refractivity contribution in [3.8, 4) is 0 Å². The molecule has 2 aliphatic rings. The summed E-state index contributed by atoms with van der Waals surface area (Å²) in [6, 6.07) is 0. The van der Waals surface area contributed by atoms with E-state index in [0.717, 1.165) is 12.3 Å². The summed E-state index contributed by atoms with van der Waals surface area (Å²) >= 11 is 0. The van der Waals surface area contributed by atoms with E-state index in [1.54, 1.807) is 0 Å². The zero-order valence-electron chi connectivity index (χ0n) is 9.37. The molecule has 1 saturated carbocycles. The van der Waals surface area contributed by atoms with E-state index in [-0.39, 0.29) is 0 Å². The maximum Gasteiger partial charge on any atom is 0.309 e. The Balaban J connectivity index is 2.00. The first kappa shape index (κ1) is 10.9. The van der Waals surface area contributed by atoms with Gasteiger partial charge in [0.25, 0.3) is 0 Å². The summed E-state index contributed by atoms with van der Waals surface area (Å²) in [4.78, 5) is 11.4. The Morgan fingerprint density at radius 1 is 1.47 bits per heavy atom. The van der Waals surface area contributed by atoms with Crippen molar-refractivity contribution in [2.45, 2.75) is 39.0 Å². The number of hydrogen-bond acceptors (Lipinski definition) is 2. The summed E-state index contributed by atoms with van der Waals surface area (Å²) in [7, 11) is 0. The quantitative estimate of drug-likeness (QED) is 0.777. The Morgan fingerprint density at radius 2 is 2.07 bits per heavy atom. The van der Waals surface area contributed by atoms with Crippen molar-refractivity contribution in [3.05, 3.63) is 0 Å². The number of carboxylic acid groups (broad SMARTS) is 1. The fourth-order valence-corrected chi connectivity index (χ4v) is 2.72. The Labute approximate surface area is 90.8 Å². The fraction of sp³-hybridized carbons (Fsp3) is 0.917. The van der Waals surface area contributed by atoms with E-state index in [1.807, 2.05) is 0 Å². The van der Waals surface area contributed by atoms with Crippen molar-refractivity contribution in [2.75, 3.05) is 13.2 Å². The Morgan fingerprint density at radius 3 is 2.53 bits per heavy atom. The van der Waals surface area contributed by atoms with Crippen LogP contribution in [0, 0.1) is 17.3 Å². The van der Waals surface area contributed by atoms with Gasteiger partial charge in [0.15, 0.2) is 0 Å². The van der Waals surface area contributed by atoms with Crippen LogP contribution >= 0.6 is 0 Å². The molecule has 15 heavy (non-hydrogen) atoms. The average Bonchev–Trinajstić information content (AvgIpc) is 3.02. The molecule has 1 N–H and O–H groups in total. The highest BCUT2D eigenvalue weighted by molar-refractivity contribution is 5.74. The van der Waals surface area contributed by atoms with Crippen molar-refractivity contribution >= 4 is 5.97 Å². The molecule has 1 atom stereocenters. The lowest BCUT2D eigenvalue weighted by atomic mass is 9.73. The van der Waals surface area contributed by atoms with Crippen LogP contribution in [0.5, 0.6) is 0 Å². The predicted molar refractivity (Wildman–Crippen MR) is 56.6 cm³/mol. The van der Waals surface area contributed by atoms with Gasteiger partial charge in [0.2, 0.25) is 0 Å². The summed E-state index contributed by atoms with van der Waals surface area (Å²) in [5.41, 5.74) is -0.486. The highest BCUT2D eigenvalue weighted by Gasteiger charge is 2.43. The van der Waals surface area contributed by atoms with Crippen LogP contribution in [-0.4, -0.2) is 24.3 Å². The molecule has 1 heterocycles. The third-order valence-electron chi connectivity index (χ3n) is 4.04. The Kier molecular flexibility index (Phi) is 3.01. The summed E-state index contributed by atoms with van der Waals surface area (Å²) < 4.78 is 5.27. The van der Waals surface area contributed by atoms with Gasteiger partial charge in [-0.2, -0.15) is 0 Å². The van der Waals surface area contributed by atoms with E-state index >= 15 is 0 Å². The first-order chi connectivity index (χ1) is 7.14. The van der Waals surface area contributed by atoms with E-state index in [9.17, 15) is 9.90 Å².